The van der Waals surface area contributed by atoms with E-state index in [-0.39, 0.29) is 23.0 Å². The molecule has 1 unspecified atom stereocenters. The summed E-state index contributed by atoms with van der Waals surface area (Å²) in [7, 11) is -2.40. The fourth-order valence-corrected chi connectivity index (χ4v) is 4.09. The first-order valence-corrected chi connectivity index (χ1v) is 9.54. The van der Waals surface area contributed by atoms with Crippen LogP contribution in [0.15, 0.2) is 23.1 Å². The molecule has 0 aromatic heterocycles. The van der Waals surface area contributed by atoms with E-state index in [0.29, 0.717) is 19.2 Å². The third kappa shape index (κ3) is 5.16. The fourth-order valence-electron chi connectivity index (χ4n) is 2.99. The third-order valence-electron chi connectivity index (χ3n) is 4.42. The maximum atomic E-state index is 13.0. The van der Waals surface area contributed by atoms with Gasteiger partial charge in [0.2, 0.25) is 10.0 Å². The fraction of sp³-hybridized carbons (Fsp3) is 0.625. The van der Waals surface area contributed by atoms with Crippen molar-refractivity contribution in [3.63, 3.8) is 0 Å². The van der Waals surface area contributed by atoms with E-state index in [2.05, 4.69) is 9.62 Å². The number of aryl methyl sites for hydroxylation is 1. The van der Waals surface area contributed by atoms with Crippen LogP contribution in [0.25, 0.3) is 0 Å². The van der Waals surface area contributed by atoms with Crippen LogP contribution in [0, 0.1) is 6.92 Å². The molecule has 5 nitrogen and oxygen atoms in total. The van der Waals surface area contributed by atoms with Gasteiger partial charge in [-0.25, -0.2) is 13.1 Å². The van der Waals surface area contributed by atoms with E-state index in [4.69, 9.17) is 4.74 Å². The Balaban J connectivity index is 2.09. The van der Waals surface area contributed by atoms with Crippen LogP contribution in [0.5, 0.6) is 0 Å². The highest BCUT2D eigenvalue weighted by atomic mass is 32.2. The first kappa shape index (κ1) is 20.2. The molecule has 0 radical (unpaired) electrons. The minimum atomic E-state index is -4.59. The Hall–Kier alpha value is -1.16. The van der Waals surface area contributed by atoms with Gasteiger partial charge in [-0.05, 0) is 44.0 Å². The summed E-state index contributed by atoms with van der Waals surface area (Å²) in [6.45, 7) is 3.58. The molecule has 25 heavy (non-hydrogen) atoms. The molecule has 0 aliphatic carbocycles. The molecule has 0 bridgehead atoms. The van der Waals surface area contributed by atoms with Gasteiger partial charge in [0.25, 0.3) is 0 Å². The maximum absolute atomic E-state index is 13.0. The second-order valence-electron chi connectivity index (χ2n) is 6.15. The molecular formula is C16H23F3N2O3S. The van der Waals surface area contributed by atoms with Crippen molar-refractivity contribution in [2.45, 2.75) is 36.9 Å². The van der Waals surface area contributed by atoms with E-state index >= 15 is 0 Å². The van der Waals surface area contributed by atoms with Crippen LogP contribution in [-0.2, 0) is 20.9 Å². The number of methoxy groups -OCH3 is 1. The molecule has 1 heterocycles. The molecule has 1 fully saturated rings. The quantitative estimate of drug-likeness (QED) is 0.789. The normalized spacial score (nSPS) is 19.5. The van der Waals surface area contributed by atoms with Crippen molar-refractivity contribution in [1.29, 1.82) is 0 Å². The lowest BCUT2D eigenvalue weighted by Crippen LogP contribution is -2.41. The maximum Gasteiger partial charge on any atom is 0.416 e. The zero-order valence-electron chi connectivity index (χ0n) is 14.3. The third-order valence-corrected chi connectivity index (χ3v) is 5.84. The van der Waals surface area contributed by atoms with Gasteiger partial charge in [-0.1, -0.05) is 6.07 Å². The van der Waals surface area contributed by atoms with E-state index in [1.807, 2.05) is 0 Å². The van der Waals surface area contributed by atoms with Crippen LogP contribution < -0.4 is 4.72 Å². The summed E-state index contributed by atoms with van der Waals surface area (Å²) < 4.78 is 71.2. The Morgan fingerprint density at radius 2 is 2.08 bits per heavy atom. The minimum absolute atomic E-state index is 0.00650. The number of halogens is 3. The molecule has 9 heteroatoms. The Bertz CT molecular complexity index is 692. The summed E-state index contributed by atoms with van der Waals surface area (Å²) in [5, 5.41) is 0. The summed E-state index contributed by atoms with van der Waals surface area (Å²) in [4.78, 5) is 1.76. The first-order valence-electron chi connectivity index (χ1n) is 8.05. The molecule has 1 atom stereocenters. The van der Waals surface area contributed by atoms with Crippen LogP contribution in [0.3, 0.4) is 0 Å². The van der Waals surface area contributed by atoms with Crippen molar-refractivity contribution < 1.29 is 26.3 Å². The molecule has 142 valence electrons. The average molecular weight is 380 g/mol. The van der Waals surface area contributed by atoms with Crippen molar-refractivity contribution in [3.8, 4) is 0 Å². The number of sulfonamides is 1. The summed E-state index contributed by atoms with van der Waals surface area (Å²) in [5.74, 6) is 0. The standard InChI is InChI=1S/C16H23F3N2O3S/c1-12-5-6-14(10-15(12)16(17,18)19)25(22,23)20-11-13-4-3-7-21(13)8-9-24-2/h5-6,10,13,20H,3-4,7-9,11H2,1-2H3. The van der Waals surface area contributed by atoms with Gasteiger partial charge < -0.3 is 4.74 Å². The lowest BCUT2D eigenvalue weighted by Gasteiger charge is -2.24. The molecule has 1 aliphatic heterocycles. The second kappa shape index (κ2) is 8.03. The van der Waals surface area contributed by atoms with Gasteiger partial charge in [-0.15, -0.1) is 0 Å². The van der Waals surface area contributed by atoms with E-state index in [0.717, 1.165) is 19.4 Å². The van der Waals surface area contributed by atoms with Gasteiger partial charge in [0, 0.05) is 26.2 Å². The zero-order chi connectivity index (χ0) is 18.7. The zero-order valence-corrected chi connectivity index (χ0v) is 15.1. The summed E-state index contributed by atoms with van der Waals surface area (Å²) in [6, 6.07) is 3.09. The van der Waals surface area contributed by atoms with E-state index in [9.17, 15) is 21.6 Å². The number of nitrogens with zero attached hydrogens (tertiary/aromatic N) is 1. The number of benzene rings is 1. The molecule has 1 saturated heterocycles. The van der Waals surface area contributed by atoms with E-state index in [1.165, 1.54) is 19.1 Å². The highest BCUT2D eigenvalue weighted by Gasteiger charge is 2.34. The monoisotopic (exact) mass is 380 g/mol. The van der Waals surface area contributed by atoms with Crippen LogP contribution in [0.4, 0.5) is 13.2 Å². The topological polar surface area (TPSA) is 58.6 Å². The number of hydrogen-bond donors (Lipinski definition) is 1. The molecule has 1 N–H and O–H groups in total. The van der Waals surface area contributed by atoms with Crippen LogP contribution >= 0.6 is 0 Å². The van der Waals surface area contributed by atoms with Gasteiger partial charge in [-0.2, -0.15) is 13.2 Å². The first-order chi connectivity index (χ1) is 11.6. The molecule has 2 rings (SSSR count). The number of hydrogen-bond acceptors (Lipinski definition) is 4. The smallest absolute Gasteiger partial charge is 0.383 e. The molecule has 0 spiro atoms. The number of ether oxygens (including phenoxy) is 1. The lowest BCUT2D eigenvalue weighted by molar-refractivity contribution is -0.138. The summed E-state index contributed by atoms with van der Waals surface area (Å²) >= 11 is 0. The van der Waals surface area contributed by atoms with Crippen molar-refractivity contribution >= 4 is 10.0 Å². The predicted octanol–water partition coefficient (Wildman–Crippen LogP) is 2.40. The molecule has 0 saturated carbocycles. The highest BCUT2D eigenvalue weighted by Crippen LogP contribution is 2.33. The molecular weight excluding hydrogens is 357 g/mol. The van der Waals surface area contributed by atoms with Crippen molar-refractivity contribution in [1.82, 2.24) is 9.62 Å². The van der Waals surface area contributed by atoms with E-state index < -0.39 is 21.8 Å². The van der Waals surface area contributed by atoms with Crippen LogP contribution in [0.2, 0.25) is 0 Å². The summed E-state index contributed by atoms with van der Waals surface area (Å²) in [5.41, 5.74) is -0.939. The minimum Gasteiger partial charge on any atom is -0.383 e. The molecule has 1 aromatic rings. The Morgan fingerprint density at radius 3 is 2.72 bits per heavy atom. The Labute approximate surface area is 146 Å². The average Bonchev–Trinajstić information content (AvgIpc) is 2.97. The Morgan fingerprint density at radius 1 is 1.36 bits per heavy atom. The van der Waals surface area contributed by atoms with Crippen molar-refractivity contribution in [2.75, 3.05) is 33.4 Å². The lowest BCUT2D eigenvalue weighted by atomic mass is 10.1. The second-order valence-corrected chi connectivity index (χ2v) is 7.92. The van der Waals surface area contributed by atoms with Gasteiger partial charge in [0.1, 0.15) is 0 Å². The molecule has 0 amide bonds. The Kier molecular flexibility index (Phi) is 6.47. The number of likely N-dealkylation sites (tertiary alicyclic amines) is 1. The van der Waals surface area contributed by atoms with Crippen LogP contribution in [0.1, 0.15) is 24.0 Å². The largest absolute Gasteiger partial charge is 0.416 e. The van der Waals surface area contributed by atoms with Gasteiger partial charge in [0.05, 0.1) is 17.1 Å². The van der Waals surface area contributed by atoms with Crippen molar-refractivity contribution in [3.05, 3.63) is 29.3 Å². The number of alkyl halides is 3. The van der Waals surface area contributed by atoms with Gasteiger partial charge in [0.15, 0.2) is 0 Å². The van der Waals surface area contributed by atoms with Crippen LogP contribution in [-0.4, -0.2) is 52.7 Å². The molecule has 1 aromatic carbocycles. The number of nitrogens with one attached hydrogen (secondary N) is 1. The van der Waals surface area contributed by atoms with E-state index in [1.54, 1.807) is 7.11 Å². The highest BCUT2D eigenvalue weighted by molar-refractivity contribution is 7.89. The van der Waals surface area contributed by atoms with Crippen molar-refractivity contribution in [2.24, 2.45) is 0 Å². The predicted molar refractivity (Wildman–Crippen MR) is 87.8 cm³/mol. The SMILES string of the molecule is COCCN1CCCC1CNS(=O)(=O)c1ccc(C)c(C(F)(F)F)c1. The van der Waals surface area contributed by atoms with Gasteiger partial charge in [-0.3, -0.25) is 4.90 Å². The van der Waals surface area contributed by atoms with Gasteiger partial charge >= 0.3 is 6.18 Å². The molecule has 1 aliphatic rings. The number of rotatable bonds is 7. The summed E-state index contributed by atoms with van der Waals surface area (Å²) in [6.07, 6.45) is -2.79.